The second kappa shape index (κ2) is 6.95. The molecule has 0 amide bonds. The van der Waals surface area contributed by atoms with Crippen LogP contribution >= 0.6 is 0 Å². The van der Waals surface area contributed by atoms with Crippen molar-refractivity contribution in [1.82, 2.24) is 24.8 Å². The maximum atomic E-state index is 13.7. The first kappa shape index (κ1) is 17.3. The standard InChI is InChI=1S/C22H22FN5/c1-28-6-4-14(5-7-28)8-21-18-9-15(2-3-20(18)26-13-27-21)19-12-25-22-17(19)10-16(23)11-24-22/h2-3,9-14H,4-8H2,1H3,(H,24,25). The zero-order chi connectivity index (χ0) is 19.1. The summed E-state index contributed by atoms with van der Waals surface area (Å²) < 4.78 is 13.7. The number of likely N-dealkylation sites (tertiary alicyclic amines) is 1. The van der Waals surface area contributed by atoms with E-state index in [4.69, 9.17) is 0 Å². The minimum Gasteiger partial charge on any atom is -0.346 e. The van der Waals surface area contributed by atoms with Crippen molar-refractivity contribution in [2.45, 2.75) is 19.3 Å². The lowest BCUT2D eigenvalue weighted by Crippen LogP contribution is -2.31. The number of aromatic amines is 1. The maximum absolute atomic E-state index is 13.7. The first-order valence-corrected chi connectivity index (χ1v) is 9.72. The van der Waals surface area contributed by atoms with E-state index in [0.29, 0.717) is 11.6 Å². The van der Waals surface area contributed by atoms with Gasteiger partial charge in [-0.15, -0.1) is 0 Å². The van der Waals surface area contributed by atoms with Gasteiger partial charge in [0.25, 0.3) is 0 Å². The van der Waals surface area contributed by atoms with E-state index in [0.717, 1.165) is 52.6 Å². The topological polar surface area (TPSA) is 57.7 Å². The summed E-state index contributed by atoms with van der Waals surface area (Å²) in [5, 5.41) is 1.87. The van der Waals surface area contributed by atoms with Crippen LogP contribution in [0.4, 0.5) is 4.39 Å². The molecule has 6 heteroatoms. The highest BCUT2D eigenvalue weighted by molar-refractivity contribution is 5.96. The number of pyridine rings is 1. The van der Waals surface area contributed by atoms with Crippen molar-refractivity contribution in [3.05, 3.63) is 54.5 Å². The molecule has 0 spiro atoms. The van der Waals surface area contributed by atoms with Crippen molar-refractivity contribution in [3.8, 4) is 11.1 Å². The second-order valence-corrected chi connectivity index (χ2v) is 7.76. The van der Waals surface area contributed by atoms with Crippen molar-refractivity contribution in [2.75, 3.05) is 20.1 Å². The van der Waals surface area contributed by atoms with Crippen LogP contribution in [0.5, 0.6) is 0 Å². The van der Waals surface area contributed by atoms with Crippen LogP contribution in [-0.2, 0) is 6.42 Å². The third-order valence-corrected chi connectivity index (χ3v) is 5.85. The largest absolute Gasteiger partial charge is 0.346 e. The molecule has 4 heterocycles. The van der Waals surface area contributed by atoms with Crippen LogP contribution in [0, 0.1) is 11.7 Å². The molecule has 0 unspecified atom stereocenters. The van der Waals surface area contributed by atoms with Crippen LogP contribution in [0.1, 0.15) is 18.5 Å². The van der Waals surface area contributed by atoms with Crippen LogP contribution in [0.3, 0.4) is 0 Å². The fraction of sp³-hybridized carbons (Fsp3) is 0.318. The fourth-order valence-electron chi connectivity index (χ4n) is 4.20. The molecule has 0 aliphatic carbocycles. The third kappa shape index (κ3) is 3.14. The minimum absolute atomic E-state index is 0.333. The Morgan fingerprint density at radius 1 is 1.11 bits per heavy atom. The zero-order valence-corrected chi connectivity index (χ0v) is 15.8. The number of aromatic nitrogens is 4. The highest BCUT2D eigenvalue weighted by Gasteiger charge is 2.19. The quantitative estimate of drug-likeness (QED) is 0.583. The normalized spacial score (nSPS) is 16.2. The van der Waals surface area contributed by atoms with E-state index in [1.807, 2.05) is 18.3 Å². The molecule has 5 rings (SSSR count). The van der Waals surface area contributed by atoms with Gasteiger partial charge < -0.3 is 9.88 Å². The summed E-state index contributed by atoms with van der Waals surface area (Å²) in [6, 6.07) is 7.71. The Hall–Kier alpha value is -2.86. The van der Waals surface area contributed by atoms with Crippen molar-refractivity contribution in [3.63, 3.8) is 0 Å². The summed E-state index contributed by atoms with van der Waals surface area (Å²) in [6.07, 6.45) is 8.16. The number of piperidine rings is 1. The zero-order valence-electron chi connectivity index (χ0n) is 15.8. The fourth-order valence-corrected chi connectivity index (χ4v) is 4.20. The summed E-state index contributed by atoms with van der Waals surface area (Å²) in [6.45, 7) is 2.29. The van der Waals surface area contributed by atoms with Crippen LogP contribution in [-0.4, -0.2) is 45.0 Å². The number of hydrogen-bond acceptors (Lipinski definition) is 4. The summed E-state index contributed by atoms with van der Waals surface area (Å²) in [5.74, 6) is 0.324. The molecule has 28 heavy (non-hydrogen) atoms. The van der Waals surface area contributed by atoms with Gasteiger partial charge in [-0.1, -0.05) is 6.07 Å². The summed E-state index contributed by atoms with van der Waals surface area (Å²) in [4.78, 5) is 18.7. The van der Waals surface area contributed by atoms with Crippen LogP contribution in [0.25, 0.3) is 33.1 Å². The first-order valence-electron chi connectivity index (χ1n) is 9.72. The van der Waals surface area contributed by atoms with E-state index < -0.39 is 0 Å². The smallest absolute Gasteiger partial charge is 0.142 e. The summed E-state index contributed by atoms with van der Waals surface area (Å²) in [5.41, 5.74) is 4.70. The molecule has 5 nitrogen and oxygen atoms in total. The van der Waals surface area contributed by atoms with E-state index in [1.54, 1.807) is 6.33 Å². The SMILES string of the molecule is CN1CCC(Cc2ncnc3ccc(-c4c[nH]c5ncc(F)cc45)cc23)CC1. The van der Waals surface area contributed by atoms with E-state index in [2.05, 4.69) is 37.9 Å². The predicted octanol–water partition coefficient (Wildman–Crippen LogP) is 4.20. The molecule has 0 saturated carbocycles. The van der Waals surface area contributed by atoms with Crippen LogP contribution in [0.2, 0.25) is 0 Å². The van der Waals surface area contributed by atoms with Gasteiger partial charge in [-0.3, -0.25) is 0 Å². The van der Waals surface area contributed by atoms with Gasteiger partial charge in [0, 0.05) is 22.5 Å². The number of fused-ring (bicyclic) bond motifs is 2. The molecule has 0 radical (unpaired) electrons. The number of nitrogens with zero attached hydrogens (tertiary/aromatic N) is 4. The maximum Gasteiger partial charge on any atom is 0.142 e. The van der Waals surface area contributed by atoms with Crippen LogP contribution < -0.4 is 0 Å². The molecule has 0 atom stereocenters. The molecule has 1 aliphatic rings. The van der Waals surface area contributed by atoms with Gasteiger partial charge in [-0.25, -0.2) is 19.3 Å². The van der Waals surface area contributed by atoms with E-state index in [-0.39, 0.29) is 5.82 Å². The van der Waals surface area contributed by atoms with Gasteiger partial charge in [0.15, 0.2) is 0 Å². The Morgan fingerprint density at radius 3 is 2.82 bits per heavy atom. The van der Waals surface area contributed by atoms with Gasteiger partial charge >= 0.3 is 0 Å². The Morgan fingerprint density at radius 2 is 1.96 bits per heavy atom. The summed E-state index contributed by atoms with van der Waals surface area (Å²) >= 11 is 0. The Kier molecular flexibility index (Phi) is 4.28. The average Bonchev–Trinajstić information content (AvgIpc) is 3.13. The van der Waals surface area contributed by atoms with Crippen LogP contribution in [0.15, 0.2) is 43.0 Å². The van der Waals surface area contributed by atoms with Gasteiger partial charge in [0.2, 0.25) is 0 Å². The Labute approximate surface area is 162 Å². The number of nitrogens with one attached hydrogen (secondary N) is 1. The lowest BCUT2D eigenvalue weighted by molar-refractivity contribution is 0.218. The molecule has 1 saturated heterocycles. The first-order chi connectivity index (χ1) is 13.7. The molecule has 3 aromatic heterocycles. The number of H-pyrrole nitrogens is 1. The molecule has 142 valence electrons. The van der Waals surface area contributed by atoms with Gasteiger partial charge in [0.1, 0.15) is 17.8 Å². The van der Waals surface area contributed by atoms with Crippen molar-refractivity contribution >= 4 is 21.9 Å². The molecular weight excluding hydrogens is 353 g/mol. The molecular formula is C22H22FN5. The number of hydrogen-bond donors (Lipinski definition) is 1. The van der Waals surface area contributed by atoms with Crippen molar-refractivity contribution in [2.24, 2.45) is 5.92 Å². The third-order valence-electron chi connectivity index (χ3n) is 5.85. The van der Waals surface area contributed by atoms with Gasteiger partial charge in [-0.05, 0) is 69.1 Å². The average molecular weight is 375 g/mol. The molecule has 1 N–H and O–H groups in total. The number of rotatable bonds is 3. The van der Waals surface area contributed by atoms with Gasteiger partial charge in [-0.2, -0.15) is 0 Å². The Balaban J connectivity index is 1.55. The predicted molar refractivity (Wildman–Crippen MR) is 109 cm³/mol. The number of halogens is 1. The molecule has 4 aromatic rings. The summed E-state index contributed by atoms with van der Waals surface area (Å²) in [7, 11) is 2.18. The highest BCUT2D eigenvalue weighted by atomic mass is 19.1. The van der Waals surface area contributed by atoms with Crippen molar-refractivity contribution in [1.29, 1.82) is 0 Å². The molecule has 1 fully saturated rings. The minimum atomic E-state index is -0.333. The van der Waals surface area contributed by atoms with E-state index >= 15 is 0 Å². The van der Waals surface area contributed by atoms with Gasteiger partial charge in [0.05, 0.1) is 17.4 Å². The van der Waals surface area contributed by atoms with Crippen molar-refractivity contribution < 1.29 is 4.39 Å². The molecule has 0 bridgehead atoms. The lowest BCUT2D eigenvalue weighted by Gasteiger charge is -2.28. The number of benzene rings is 1. The molecule has 1 aliphatic heterocycles. The Bertz CT molecular complexity index is 1140. The lowest BCUT2D eigenvalue weighted by atomic mass is 9.91. The van der Waals surface area contributed by atoms with E-state index in [1.165, 1.54) is 25.1 Å². The van der Waals surface area contributed by atoms with E-state index in [9.17, 15) is 4.39 Å². The highest BCUT2D eigenvalue weighted by Crippen LogP contribution is 2.31. The monoisotopic (exact) mass is 375 g/mol. The second-order valence-electron chi connectivity index (χ2n) is 7.76. The molecule has 1 aromatic carbocycles.